The SMILES string of the molecule is NS(=O)(=O)CC1CC(=O)N(c2c(F)cc(Cl)cc2I)C1. The molecule has 2 rings (SSSR count). The summed E-state index contributed by atoms with van der Waals surface area (Å²) in [6.45, 7) is 0.129. The van der Waals surface area contributed by atoms with Crippen LogP contribution >= 0.6 is 34.2 Å². The number of carbonyl (C=O) groups is 1. The molecule has 1 aliphatic heterocycles. The van der Waals surface area contributed by atoms with Gasteiger partial charge in [0.05, 0.1) is 11.4 Å². The molecule has 1 saturated heterocycles. The van der Waals surface area contributed by atoms with Crippen molar-refractivity contribution in [2.45, 2.75) is 6.42 Å². The Labute approximate surface area is 134 Å². The lowest BCUT2D eigenvalue weighted by Crippen LogP contribution is -2.28. The Morgan fingerprint density at radius 2 is 2.15 bits per heavy atom. The van der Waals surface area contributed by atoms with E-state index in [2.05, 4.69) is 0 Å². The van der Waals surface area contributed by atoms with Crippen molar-refractivity contribution < 1.29 is 17.6 Å². The Morgan fingerprint density at radius 3 is 2.70 bits per heavy atom. The zero-order valence-electron chi connectivity index (χ0n) is 10.1. The number of primary sulfonamides is 1. The highest BCUT2D eigenvalue weighted by Gasteiger charge is 2.35. The number of nitrogens with zero attached hydrogens (tertiary/aromatic N) is 1. The van der Waals surface area contributed by atoms with Crippen molar-refractivity contribution in [1.29, 1.82) is 0 Å². The highest BCUT2D eigenvalue weighted by Crippen LogP contribution is 2.33. The van der Waals surface area contributed by atoms with E-state index in [4.69, 9.17) is 16.7 Å². The average Bonchev–Trinajstić information content (AvgIpc) is 2.55. The number of nitrogens with two attached hydrogens (primary N) is 1. The van der Waals surface area contributed by atoms with Crippen LogP contribution in [-0.4, -0.2) is 26.6 Å². The third kappa shape index (κ3) is 3.60. The van der Waals surface area contributed by atoms with Crippen LogP contribution in [0.5, 0.6) is 0 Å². The molecule has 0 aliphatic carbocycles. The number of halogens is 3. The van der Waals surface area contributed by atoms with E-state index in [0.717, 1.165) is 6.07 Å². The maximum Gasteiger partial charge on any atom is 0.227 e. The van der Waals surface area contributed by atoms with E-state index < -0.39 is 21.8 Å². The van der Waals surface area contributed by atoms with Gasteiger partial charge in [-0.25, -0.2) is 17.9 Å². The first-order chi connectivity index (χ1) is 9.17. The number of carbonyl (C=O) groups excluding carboxylic acids is 1. The molecule has 1 fully saturated rings. The molecule has 1 atom stereocenters. The van der Waals surface area contributed by atoms with Crippen LogP contribution < -0.4 is 10.0 Å². The zero-order valence-corrected chi connectivity index (χ0v) is 13.9. The maximum absolute atomic E-state index is 14.0. The number of benzene rings is 1. The molecule has 20 heavy (non-hydrogen) atoms. The molecule has 0 radical (unpaired) electrons. The van der Waals surface area contributed by atoms with Crippen molar-refractivity contribution in [2.75, 3.05) is 17.2 Å². The van der Waals surface area contributed by atoms with E-state index in [1.165, 1.54) is 4.90 Å². The summed E-state index contributed by atoms with van der Waals surface area (Å²) in [7, 11) is -3.66. The standard InChI is InChI=1S/C11H11ClFIN2O3S/c12-7-2-8(13)11(9(14)3-7)16-4-6(1-10(16)17)5-20(15,18)19/h2-3,6H,1,4-5H2,(H2,15,18,19). The van der Waals surface area contributed by atoms with Crippen molar-refractivity contribution >= 4 is 55.8 Å². The third-order valence-electron chi connectivity index (χ3n) is 2.92. The molecule has 1 aromatic rings. The fourth-order valence-corrected chi connectivity index (χ4v) is 4.38. The molecule has 1 unspecified atom stereocenters. The van der Waals surface area contributed by atoms with Gasteiger partial charge in [0.15, 0.2) is 0 Å². The minimum Gasteiger partial charge on any atom is -0.308 e. The molecule has 0 saturated carbocycles. The molecule has 1 aliphatic rings. The second kappa shape index (κ2) is 5.74. The number of rotatable bonds is 3. The van der Waals surface area contributed by atoms with Gasteiger partial charge in [0.1, 0.15) is 5.82 Å². The van der Waals surface area contributed by atoms with Crippen LogP contribution in [0.2, 0.25) is 5.02 Å². The molecule has 5 nitrogen and oxygen atoms in total. The molecule has 9 heteroatoms. The maximum atomic E-state index is 14.0. The Balaban J connectivity index is 2.29. The third-order valence-corrected chi connectivity index (χ3v) is 4.90. The molecule has 1 heterocycles. The van der Waals surface area contributed by atoms with Gasteiger partial charge in [-0.05, 0) is 34.7 Å². The van der Waals surface area contributed by atoms with Gasteiger partial charge in [-0.1, -0.05) is 11.6 Å². The fourth-order valence-electron chi connectivity index (χ4n) is 2.23. The molecule has 0 spiro atoms. The Kier molecular flexibility index (Phi) is 4.57. The smallest absolute Gasteiger partial charge is 0.227 e. The molecule has 2 N–H and O–H groups in total. The lowest BCUT2D eigenvalue weighted by molar-refractivity contribution is -0.117. The monoisotopic (exact) mass is 432 g/mol. The zero-order chi connectivity index (χ0) is 15.1. The quantitative estimate of drug-likeness (QED) is 0.739. The number of sulfonamides is 1. The van der Waals surface area contributed by atoms with Crippen molar-refractivity contribution in [1.82, 2.24) is 0 Å². The number of amides is 1. The van der Waals surface area contributed by atoms with Crippen LogP contribution in [0.3, 0.4) is 0 Å². The highest BCUT2D eigenvalue weighted by molar-refractivity contribution is 14.1. The summed E-state index contributed by atoms with van der Waals surface area (Å²) in [6, 6.07) is 2.67. The number of anilines is 1. The van der Waals surface area contributed by atoms with Crippen LogP contribution in [0, 0.1) is 15.3 Å². The first kappa shape index (κ1) is 15.9. The summed E-state index contributed by atoms with van der Waals surface area (Å²) in [5.74, 6) is -1.64. The van der Waals surface area contributed by atoms with Gasteiger partial charge < -0.3 is 4.90 Å². The van der Waals surface area contributed by atoms with Crippen molar-refractivity contribution in [3.63, 3.8) is 0 Å². The fraction of sp³-hybridized carbons (Fsp3) is 0.364. The van der Waals surface area contributed by atoms with Crippen molar-refractivity contribution in [3.8, 4) is 0 Å². The molecule has 0 aromatic heterocycles. The first-order valence-electron chi connectivity index (χ1n) is 5.63. The van der Waals surface area contributed by atoms with Gasteiger partial charge in [0.25, 0.3) is 0 Å². The number of hydrogen-bond donors (Lipinski definition) is 1. The second-order valence-electron chi connectivity index (χ2n) is 4.62. The van der Waals surface area contributed by atoms with Gasteiger partial charge in [-0.2, -0.15) is 0 Å². The van der Waals surface area contributed by atoms with Gasteiger partial charge in [0.2, 0.25) is 15.9 Å². The van der Waals surface area contributed by atoms with Gasteiger partial charge >= 0.3 is 0 Å². The molecule has 0 bridgehead atoms. The van der Waals surface area contributed by atoms with E-state index in [1.54, 1.807) is 6.07 Å². The first-order valence-corrected chi connectivity index (χ1v) is 8.80. The van der Waals surface area contributed by atoms with Crippen LogP contribution in [0.4, 0.5) is 10.1 Å². The molecular formula is C11H11ClFIN2O3S. The summed E-state index contributed by atoms with van der Waals surface area (Å²) >= 11 is 7.62. The molecule has 1 amide bonds. The normalized spacial score (nSPS) is 19.7. The van der Waals surface area contributed by atoms with Gasteiger partial charge in [-0.15, -0.1) is 0 Å². The number of hydrogen-bond acceptors (Lipinski definition) is 3. The van der Waals surface area contributed by atoms with E-state index in [0.29, 0.717) is 3.57 Å². The minimum absolute atomic E-state index is 0.0363. The van der Waals surface area contributed by atoms with Crippen LogP contribution in [0.15, 0.2) is 12.1 Å². The lowest BCUT2D eigenvalue weighted by Gasteiger charge is -2.19. The van der Waals surface area contributed by atoms with Crippen molar-refractivity contribution in [2.24, 2.45) is 11.1 Å². The van der Waals surface area contributed by atoms with E-state index in [1.807, 2.05) is 22.6 Å². The summed E-state index contributed by atoms with van der Waals surface area (Å²) in [6.07, 6.45) is 0.0363. The predicted octanol–water partition coefficient (Wildman–Crippen LogP) is 1.73. The van der Waals surface area contributed by atoms with Gasteiger partial charge in [-0.3, -0.25) is 4.79 Å². The highest BCUT2D eigenvalue weighted by atomic mass is 127. The summed E-state index contributed by atoms with van der Waals surface area (Å²) < 4.78 is 36.6. The molecule has 110 valence electrons. The Morgan fingerprint density at radius 1 is 1.50 bits per heavy atom. The van der Waals surface area contributed by atoms with Crippen LogP contribution in [0.1, 0.15) is 6.42 Å². The summed E-state index contributed by atoms with van der Waals surface area (Å²) in [4.78, 5) is 13.2. The van der Waals surface area contributed by atoms with Crippen LogP contribution in [0.25, 0.3) is 0 Å². The van der Waals surface area contributed by atoms with E-state index >= 15 is 0 Å². The largest absolute Gasteiger partial charge is 0.308 e. The van der Waals surface area contributed by atoms with E-state index in [9.17, 15) is 17.6 Å². The average molecular weight is 433 g/mol. The van der Waals surface area contributed by atoms with Crippen molar-refractivity contribution in [3.05, 3.63) is 26.5 Å². The lowest BCUT2D eigenvalue weighted by atomic mass is 10.1. The Bertz CT molecular complexity index is 645. The topological polar surface area (TPSA) is 80.5 Å². The van der Waals surface area contributed by atoms with Gasteiger partial charge in [0, 0.05) is 27.5 Å². The predicted molar refractivity (Wildman–Crippen MR) is 82.6 cm³/mol. The second-order valence-corrected chi connectivity index (χ2v) is 7.88. The summed E-state index contributed by atoms with van der Waals surface area (Å²) in [5, 5.41) is 5.21. The van der Waals surface area contributed by atoms with E-state index in [-0.39, 0.29) is 35.3 Å². The van der Waals surface area contributed by atoms with Crippen LogP contribution in [-0.2, 0) is 14.8 Å². The molecular weight excluding hydrogens is 422 g/mol. The Hall–Kier alpha value is -0.450. The molecule has 1 aromatic carbocycles. The summed E-state index contributed by atoms with van der Waals surface area (Å²) in [5.41, 5.74) is 0.136. The minimum atomic E-state index is -3.66.